The number of carbonyl (C=O) groups excluding carboxylic acids is 1. The van der Waals surface area contributed by atoms with Gasteiger partial charge in [0, 0.05) is 31.1 Å². The molecule has 0 spiro atoms. The van der Waals surface area contributed by atoms with Crippen LogP contribution in [0.1, 0.15) is 16.8 Å². The molecule has 2 saturated heterocycles. The molecule has 0 unspecified atom stereocenters. The minimum atomic E-state index is 0.226. The molecule has 16 heavy (non-hydrogen) atoms. The molecular weight excluding hydrogens is 220 g/mol. The number of likely N-dealkylation sites (N-methyl/N-ethyl adjacent to an activating group) is 1. The minimum absolute atomic E-state index is 0.226. The van der Waals surface area contributed by atoms with Crippen molar-refractivity contribution in [1.29, 1.82) is 0 Å². The molecule has 1 aromatic rings. The quantitative estimate of drug-likeness (QED) is 0.738. The van der Waals surface area contributed by atoms with Crippen LogP contribution in [0, 0.1) is 5.92 Å². The second-order valence-corrected chi connectivity index (χ2v) is 5.63. The smallest absolute Gasteiger partial charge is 0.255 e. The van der Waals surface area contributed by atoms with Gasteiger partial charge in [0.15, 0.2) is 0 Å². The molecule has 3 rings (SSSR count). The fraction of sp³-hybridized carbons (Fsp3) is 0.583. The number of amides is 1. The van der Waals surface area contributed by atoms with Gasteiger partial charge >= 0.3 is 0 Å². The molecule has 0 N–H and O–H groups in total. The summed E-state index contributed by atoms with van der Waals surface area (Å²) >= 11 is 1.59. The summed E-state index contributed by atoms with van der Waals surface area (Å²) in [7, 11) is 2.14. The Morgan fingerprint density at radius 3 is 3.12 bits per heavy atom. The number of rotatable bonds is 1. The molecule has 2 fully saturated rings. The van der Waals surface area contributed by atoms with Crippen molar-refractivity contribution in [3.05, 3.63) is 22.4 Å². The van der Waals surface area contributed by atoms with Crippen LogP contribution in [0.3, 0.4) is 0 Å². The van der Waals surface area contributed by atoms with E-state index in [1.54, 1.807) is 11.3 Å². The summed E-state index contributed by atoms with van der Waals surface area (Å²) in [5.41, 5.74) is 0.861. The van der Waals surface area contributed by atoms with Crippen LogP contribution < -0.4 is 0 Å². The first kappa shape index (κ1) is 10.3. The monoisotopic (exact) mass is 236 g/mol. The molecule has 4 heteroatoms. The minimum Gasteiger partial charge on any atom is -0.334 e. The van der Waals surface area contributed by atoms with E-state index in [1.807, 2.05) is 16.8 Å². The SMILES string of the molecule is CN1C[C@@H]2CCN(C(=O)c3ccsc3)[C@@H]2C1. The summed E-state index contributed by atoms with van der Waals surface area (Å²) in [5, 5.41) is 3.93. The van der Waals surface area contributed by atoms with Gasteiger partial charge in [0.2, 0.25) is 0 Å². The Hall–Kier alpha value is -0.870. The molecule has 1 amide bonds. The first-order valence-electron chi connectivity index (χ1n) is 5.77. The van der Waals surface area contributed by atoms with Gasteiger partial charge < -0.3 is 9.80 Å². The number of hydrogen-bond acceptors (Lipinski definition) is 3. The van der Waals surface area contributed by atoms with Crippen molar-refractivity contribution >= 4 is 17.2 Å². The number of nitrogens with zero attached hydrogens (tertiary/aromatic N) is 2. The summed E-state index contributed by atoms with van der Waals surface area (Å²) in [6.45, 7) is 3.14. The second-order valence-electron chi connectivity index (χ2n) is 4.85. The zero-order chi connectivity index (χ0) is 11.1. The van der Waals surface area contributed by atoms with Gasteiger partial charge in [-0.1, -0.05) is 0 Å². The largest absolute Gasteiger partial charge is 0.334 e. The lowest BCUT2D eigenvalue weighted by atomic mass is 10.1. The summed E-state index contributed by atoms with van der Waals surface area (Å²) in [4.78, 5) is 16.7. The van der Waals surface area contributed by atoms with E-state index in [-0.39, 0.29) is 5.91 Å². The molecule has 0 aliphatic carbocycles. The van der Waals surface area contributed by atoms with Gasteiger partial charge in [-0.25, -0.2) is 0 Å². The highest BCUT2D eigenvalue weighted by molar-refractivity contribution is 7.08. The van der Waals surface area contributed by atoms with Crippen LogP contribution in [0.4, 0.5) is 0 Å². The van der Waals surface area contributed by atoms with Crippen molar-refractivity contribution in [3.63, 3.8) is 0 Å². The number of thiophene rings is 1. The Morgan fingerprint density at radius 2 is 2.38 bits per heavy atom. The summed E-state index contributed by atoms with van der Waals surface area (Å²) in [6.07, 6.45) is 1.17. The number of likely N-dealkylation sites (tertiary alicyclic amines) is 2. The van der Waals surface area contributed by atoms with Gasteiger partial charge in [-0.3, -0.25) is 4.79 Å². The van der Waals surface area contributed by atoms with Crippen LogP contribution in [0.25, 0.3) is 0 Å². The lowest BCUT2D eigenvalue weighted by Crippen LogP contribution is -2.39. The van der Waals surface area contributed by atoms with Gasteiger partial charge in [-0.05, 0) is 30.8 Å². The number of carbonyl (C=O) groups is 1. The van der Waals surface area contributed by atoms with Gasteiger partial charge in [-0.2, -0.15) is 11.3 Å². The maximum Gasteiger partial charge on any atom is 0.255 e. The van der Waals surface area contributed by atoms with E-state index < -0.39 is 0 Å². The van der Waals surface area contributed by atoms with E-state index in [9.17, 15) is 4.79 Å². The highest BCUT2D eigenvalue weighted by Crippen LogP contribution is 2.31. The maximum absolute atomic E-state index is 12.3. The summed E-state index contributed by atoms with van der Waals surface area (Å²) in [5.74, 6) is 0.927. The molecule has 3 nitrogen and oxygen atoms in total. The van der Waals surface area contributed by atoms with Crippen LogP contribution in [0.2, 0.25) is 0 Å². The van der Waals surface area contributed by atoms with E-state index >= 15 is 0 Å². The van der Waals surface area contributed by atoms with Crippen LogP contribution in [0.15, 0.2) is 16.8 Å². The molecule has 0 aromatic carbocycles. The predicted octanol–water partition coefficient (Wildman–Crippen LogP) is 1.52. The fourth-order valence-electron chi connectivity index (χ4n) is 2.98. The van der Waals surface area contributed by atoms with E-state index in [2.05, 4.69) is 16.8 Å². The third kappa shape index (κ3) is 1.57. The molecular formula is C12H16N2OS. The Balaban J connectivity index is 1.79. The average molecular weight is 236 g/mol. The molecule has 1 aromatic heterocycles. The average Bonchev–Trinajstić information content (AvgIpc) is 2.90. The molecule has 2 atom stereocenters. The molecule has 86 valence electrons. The zero-order valence-electron chi connectivity index (χ0n) is 9.43. The molecule has 3 heterocycles. The highest BCUT2D eigenvalue weighted by Gasteiger charge is 2.42. The molecule has 2 aliphatic rings. The predicted molar refractivity (Wildman–Crippen MR) is 64.7 cm³/mol. The Bertz CT molecular complexity index is 390. The maximum atomic E-state index is 12.3. The number of fused-ring (bicyclic) bond motifs is 1. The first-order valence-corrected chi connectivity index (χ1v) is 6.71. The topological polar surface area (TPSA) is 23.6 Å². The standard InChI is InChI=1S/C12H16N2OS/c1-13-6-9-2-4-14(11(9)7-13)12(15)10-3-5-16-8-10/h3,5,8-9,11H,2,4,6-7H2,1H3/t9-,11+/m0/s1. The van der Waals surface area contributed by atoms with E-state index in [4.69, 9.17) is 0 Å². The van der Waals surface area contributed by atoms with Crippen molar-refractivity contribution in [2.45, 2.75) is 12.5 Å². The number of hydrogen-bond donors (Lipinski definition) is 0. The molecule has 0 radical (unpaired) electrons. The lowest BCUT2D eigenvalue weighted by molar-refractivity contribution is 0.0730. The summed E-state index contributed by atoms with van der Waals surface area (Å²) < 4.78 is 0. The van der Waals surface area contributed by atoms with E-state index in [0.717, 1.165) is 25.2 Å². The van der Waals surface area contributed by atoms with Crippen LogP contribution in [-0.2, 0) is 0 Å². The van der Waals surface area contributed by atoms with Crippen molar-refractivity contribution < 1.29 is 4.79 Å². The molecule has 2 aliphatic heterocycles. The van der Waals surface area contributed by atoms with Gasteiger partial charge in [0.25, 0.3) is 5.91 Å². The van der Waals surface area contributed by atoms with Crippen molar-refractivity contribution in [3.8, 4) is 0 Å². The molecule has 0 bridgehead atoms. The van der Waals surface area contributed by atoms with Gasteiger partial charge in [-0.15, -0.1) is 0 Å². The van der Waals surface area contributed by atoms with Crippen molar-refractivity contribution in [2.75, 3.05) is 26.7 Å². The van der Waals surface area contributed by atoms with Gasteiger partial charge in [0.1, 0.15) is 0 Å². The van der Waals surface area contributed by atoms with E-state index in [0.29, 0.717) is 12.0 Å². The van der Waals surface area contributed by atoms with Crippen molar-refractivity contribution in [2.24, 2.45) is 5.92 Å². The van der Waals surface area contributed by atoms with Crippen LogP contribution in [-0.4, -0.2) is 48.4 Å². The zero-order valence-corrected chi connectivity index (χ0v) is 10.2. The Morgan fingerprint density at radius 1 is 1.50 bits per heavy atom. The fourth-order valence-corrected chi connectivity index (χ4v) is 3.61. The first-order chi connectivity index (χ1) is 7.75. The Kier molecular flexibility index (Phi) is 2.48. The van der Waals surface area contributed by atoms with Crippen molar-refractivity contribution in [1.82, 2.24) is 9.80 Å². The third-order valence-electron chi connectivity index (χ3n) is 3.76. The van der Waals surface area contributed by atoms with E-state index in [1.165, 1.54) is 6.42 Å². The second kappa shape index (κ2) is 3.86. The highest BCUT2D eigenvalue weighted by atomic mass is 32.1. The lowest BCUT2D eigenvalue weighted by Gasteiger charge is -2.23. The van der Waals surface area contributed by atoms with Gasteiger partial charge in [0.05, 0.1) is 5.56 Å². The molecule has 0 saturated carbocycles. The Labute approximate surface area is 99.7 Å². The van der Waals surface area contributed by atoms with Crippen LogP contribution in [0.5, 0.6) is 0 Å². The van der Waals surface area contributed by atoms with Crippen LogP contribution >= 0.6 is 11.3 Å². The third-order valence-corrected chi connectivity index (χ3v) is 4.44. The summed E-state index contributed by atoms with van der Waals surface area (Å²) in [6, 6.07) is 2.39. The normalized spacial score (nSPS) is 29.7.